The molecule has 44 heavy (non-hydrogen) atoms. The van der Waals surface area contributed by atoms with Gasteiger partial charge in [-0.25, -0.2) is 19.9 Å². The second-order valence-corrected chi connectivity index (χ2v) is 10.9. The minimum atomic E-state index is -4.77. The molecule has 1 aliphatic rings. The van der Waals surface area contributed by atoms with Crippen molar-refractivity contribution in [3.63, 3.8) is 0 Å². The molecule has 5 rings (SSSR count). The van der Waals surface area contributed by atoms with Crippen LogP contribution in [0, 0.1) is 0 Å². The molecule has 228 valence electrons. The first-order chi connectivity index (χ1) is 21.0. The number of benzene rings is 3. The van der Waals surface area contributed by atoms with E-state index in [9.17, 15) is 22.8 Å². The van der Waals surface area contributed by atoms with E-state index in [0.29, 0.717) is 22.8 Å². The summed E-state index contributed by atoms with van der Waals surface area (Å²) in [6, 6.07) is 19.2. The van der Waals surface area contributed by atoms with Crippen LogP contribution in [0.1, 0.15) is 43.9 Å². The van der Waals surface area contributed by atoms with Crippen molar-refractivity contribution in [2.24, 2.45) is 4.99 Å². The molecular weight excluding hydrogens is 597 g/mol. The van der Waals surface area contributed by atoms with Gasteiger partial charge in [0.1, 0.15) is 18.2 Å². The van der Waals surface area contributed by atoms with Crippen molar-refractivity contribution in [2.75, 3.05) is 10.7 Å². The maximum atomic E-state index is 12.7. The zero-order valence-corrected chi connectivity index (χ0v) is 24.6. The predicted octanol–water partition coefficient (Wildman–Crippen LogP) is 6.79. The molecule has 0 radical (unpaired) electrons. The highest BCUT2D eigenvalue weighted by Gasteiger charge is 2.32. The lowest BCUT2D eigenvalue weighted by Gasteiger charge is -2.21. The van der Waals surface area contributed by atoms with Crippen LogP contribution >= 0.6 is 11.8 Å². The lowest BCUT2D eigenvalue weighted by Crippen LogP contribution is -2.32. The summed E-state index contributed by atoms with van der Waals surface area (Å²) < 4.78 is 42.5. The molecule has 2 heterocycles. The zero-order chi connectivity index (χ0) is 31.4. The first-order valence-electron chi connectivity index (χ1n) is 13.5. The summed E-state index contributed by atoms with van der Waals surface area (Å²) in [7, 11) is 0. The lowest BCUT2D eigenvalue weighted by molar-refractivity contribution is -0.274. The van der Waals surface area contributed by atoms with Gasteiger partial charge in [0.2, 0.25) is 5.91 Å². The molecule has 0 saturated carbocycles. The maximum Gasteiger partial charge on any atom is 0.573 e. The number of halogens is 3. The molecule has 1 aliphatic heterocycles. The molecule has 1 unspecified atom stereocenters. The summed E-state index contributed by atoms with van der Waals surface area (Å²) in [6.45, 7) is 5.81. The van der Waals surface area contributed by atoms with Crippen LogP contribution in [0.2, 0.25) is 0 Å². The van der Waals surface area contributed by atoms with E-state index in [1.807, 2.05) is 38.1 Å². The predicted molar refractivity (Wildman–Crippen MR) is 159 cm³/mol. The third-order valence-corrected chi connectivity index (χ3v) is 7.47. The van der Waals surface area contributed by atoms with Gasteiger partial charge >= 0.3 is 12.4 Å². The Morgan fingerprint density at radius 2 is 1.73 bits per heavy atom. The second-order valence-electron chi connectivity index (χ2n) is 9.97. The monoisotopic (exact) mass is 624 g/mol. The number of urea groups is 1. The van der Waals surface area contributed by atoms with E-state index in [1.165, 1.54) is 51.9 Å². The Hall–Kier alpha value is -4.69. The Bertz CT molecular complexity index is 1670. The van der Waals surface area contributed by atoms with Crippen molar-refractivity contribution in [2.45, 2.75) is 39.2 Å². The molecular formula is C30H27F3N6O4S. The molecule has 3 aromatic carbocycles. The largest absolute Gasteiger partial charge is 0.573 e. The number of amidine groups is 1. The molecule has 1 atom stereocenters. The number of aliphatic imine (C=N–C) groups is 1. The molecule has 1 N–H and O–H groups in total. The third-order valence-electron chi connectivity index (χ3n) is 6.55. The van der Waals surface area contributed by atoms with Crippen LogP contribution in [0.4, 0.5) is 23.7 Å². The standard InChI is InChI=1S/C30H27F3N6O4S/c1-18(2)24-6-4-5-7-25(24)39-26(40)16-44-29(39)35-28(41)37-43-19(3)20-8-10-21(11-9-20)27-34-17-38(36-27)22-12-14-23(15-13-22)42-30(31,32)33/h4-15,17-19H,16H2,1-3H3,(H,37,41). The summed E-state index contributed by atoms with van der Waals surface area (Å²) >= 11 is 1.18. The Balaban J connectivity index is 1.20. The van der Waals surface area contributed by atoms with E-state index in [-0.39, 0.29) is 28.5 Å². The van der Waals surface area contributed by atoms with Crippen LogP contribution < -0.4 is 15.1 Å². The van der Waals surface area contributed by atoms with E-state index in [1.54, 1.807) is 31.2 Å². The van der Waals surface area contributed by atoms with Crippen LogP contribution in [0.25, 0.3) is 17.1 Å². The quantitative estimate of drug-likeness (QED) is 0.215. The number of rotatable bonds is 8. The van der Waals surface area contributed by atoms with Crippen LogP contribution in [-0.2, 0) is 9.63 Å². The number of thioether (sulfide) groups is 1. The number of hydrogen-bond donors (Lipinski definition) is 1. The van der Waals surface area contributed by atoms with Gasteiger partial charge in [0.05, 0.1) is 17.1 Å². The number of hydrogen-bond acceptors (Lipinski definition) is 7. The molecule has 1 saturated heterocycles. The Labute approximate surface area is 254 Å². The van der Waals surface area contributed by atoms with Gasteiger partial charge in [-0.2, -0.15) is 4.99 Å². The molecule has 0 aliphatic carbocycles. The van der Waals surface area contributed by atoms with Gasteiger partial charge in [-0.05, 0) is 54.3 Å². The van der Waals surface area contributed by atoms with E-state index < -0.39 is 18.5 Å². The zero-order valence-electron chi connectivity index (χ0n) is 23.8. The van der Waals surface area contributed by atoms with E-state index in [2.05, 4.69) is 25.3 Å². The summed E-state index contributed by atoms with van der Waals surface area (Å²) in [5, 5.41) is 4.67. The minimum absolute atomic E-state index is 0.156. The fourth-order valence-electron chi connectivity index (χ4n) is 4.40. The minimum Gasteiger partial charge on any atom is -0.406 e. The first kappa shape index (κ1) is 30.8. The van der Waals surface area contributed by atoms with Crippen molar-refractivity contribution in [3.05, 3.63) is 90.3 Å². The average molecular weight is 625 g/mol. The van der Waals surface area contributed by atoms with E-state index >= 15 is 0 Å². The Morgan fingerprint density at radius 1 is 1.02 bits per heavy atom. The topological polar surface area (TPSA) is 111 Å². The molecule has 14 heteroatoms. The number of nitrogens with zero attached hydrogens (tertiary/aromatic N) is 5. The molecule has 4 aromatic rings. The van der Waals surface area contributed by atoms with Gasteiger partial charge in [-0.3, -0.25) is 14.5 Å². The maximum absolute atomic E-state index is 12.7. The highest BCUT2D eigenvalue weighted by atomic mass is 32.2. The van der Waals surface area contributed by atoms with Gasteiger partial charge in [-0.1, -0.05) is 68.1 Å². The summed E-state index contributed by atoms with van der Waals surface area (Å²) in [5.74, 6) is 0.260. The second kappa shape index (κ2) is 12.9. The number of hydroxylamine groups is 1. The Kier molecular flexibility index (Phi) is 9.01. The van der Waals surface area contributed by atoms with Crippen LogP contribution in [0.5, 0.6) is 5.75 Å². The fraction of sp³-hybridized carbons (Fsp3) is 0.233. The van der Waals surface area contributed by atoms with Crippen molar-refractivity contribution in [1.82, 2.24) is 20.2 Å². The highest BCUT2D eigenvalue weighted by Crippen LogP contribution is 2.33. The van der Waals surface area contributed by atoms with Crippen LogP contribution in [-0.4, -0.2) is 44.0 Å². The lowest BCUT2D eigenvalue weighted by atomic mass is 10.0. The van der Waals surface area contributed by atoms with Crippen molar-refractivity contribution in [1.29, 1.82) is 0 Å². The number of carbonyl (C=O) groups excluding carboxylic acids is 2. The van der Waals surface area contributed by atoms with Crippen LogP contribution in [0.15, 0.2) is 84.1 Å². The molecule has 0 bridgehead atoms. The van der Waals surface area contributed by atoms with Gasteiger partial charge in [-0.15, -0.1) is 18.3 Å². The molecule has 10 nitrogen and oxygen atoms in total. The molecule has 1 fully saturated rings. The van der Waals surface area contributed by atoms with Crippen molar-refractivity contribution in [3.8, 4) is 22.8 Å². The summed E-state index contributed by atoms with van der Waals surface area (Å²) in [6.07, 6.45) is -3.86. The van der Waals surface area contributed by atoms with Gasteiger partial charge in [0.25, 0.3) is 0 Å². The van der Waals surface area contributed by atoms with Gasteiger partial charge in [0.15, 0.2) is 11.0 Å². The summed E-state index contributed by atoms with van der Waals surface area (Å²) in [5.41, 5.74) is 5.96. The van der Waals surface area contributed by atoms with Crippen molar-refractivity contribution >= 4 is 34.6 Å². The van der Waals surface area contributed by atoms with Crippen molar-refractivity contribution < 1.29 is 32.3 Å². The van der Waals surface area contributed by atoms with Gasteiger partial charge in [0, 0.05) is 5.56 Å². The molecule has 0 spiro atoms. The molecule has 1 aromatic heterocycles. The smallest absolute Gasteiger partial charge is 0.406 e. The number of nitrogens with one attached hydrogen (secondary N) is 1. The number of alkyl halides is 3. The number of anilines is 1. The number of amides is 3. The normalized spacial score (nSPS) is 15.2. The summed E-state index contributed by atoms with van der Waals surface area (Å²) in [4.78, 5) is 40.7. The number of carbonyl (C=O) groups is 2. The van der Waals surface area contributed by atoms with E-state index in [4.69, 9.17) is 4.84 Å². The molecule has 3 amide bonds. The van der Waals surface area contributed by atoms with Crippen LogP contribution in [0.3, 0.4) is 0 Å². The third kappa shape index (κ3) is 7.26. The first-order valence-corrected chi connectivity index (χ1v) is 14.4. The van der Waals surface area contributed by atoms with E-state index in [0.717, 1.165) is 11.1 Å². The van der Waals surface area contributed by atoms with Gasteiger partial charge < -0.3 is 4.74 Å². The number of ether oxygens (including phenoxy) is 1. The fourth-order valence-corrected chi connectivity index (χ4v) is 5.26. The SMILES string of the molecule is CC(C)c1ccccc1N1C(=O)CSC1=NC(=O)NOC(C)c1ccc(-c2ncn(-c3ccc(OC(F)(F)F)cc3)n2)cc1. The average Bonchev–Trinajstić information content (AvgIpc) is 3.62. The number of aromatic nitrogens is 3. The highest BCUT2D eigenvalue weighted by molar-refractivity contribution is 8.15. The Morgan fingerprint density at radius 3 is 2.41 bits per heavy atom. The number of para-hydroxylation sites is 1.